The summed E-state index contributed by atoms with van der Waals surface area (Å²) in [6.45, 7) is 4.78. The standard InChI is InChI=1S/C63H45NS/c1-63(2)57-35-33-47(38-56(57)62-55(44-22-10-5-11-23-44)39-49(40-58(62)63)43-20-8-4-9-21-43)46-25-17-27-51(37-46)64(50-26-16-24-45(36-50)42-18-6-3-7-19-42)59-30-14-12-28-52(59)48-32-34-54-53-29-13-15-31-60(53)65-61(54)41-48/h3-41H,1-2H3. The molecule has 10 aromatic carbocycles. The highest BCUT2D eigenvalue weighted by atomic mass is 32.1. The van der Waals surface area contributed by atoms with Crippen LogP contribution in [0.25, 0.3) is 86.9 Å². The van der Waals surface area contributed by atoms with Gasteiger partial charge in [0.15, 0.2) is 0 Å². The van der Waals surface area contributed by atoms with Gasteiger partial charge in [-0.25, -0.2) is 0 Å². The molecule has 2 heteroatoms. The average molecular weight is 848 g/mol. The summed E-state index contributed by atoms with van der Waals surface area (Å²) < 4.78 is 2.61. The largest absolute Gasteiger partial charge is 0.310 e. The second-order valence-corrected chi connectivity index (χ2v) is 18.8. The van der Waals surface area contributed by atoms with Gasteiger partial charge in [-0.3, -0.25) is 0 Å². The molecular formula is C63H45NS. The zero-order valence-corrected chi connectivity index (χ0v) is 37.2. The minimum atomic E-state index is -0.178. The van der Waals surface area contributed by atoms with E-state index < -0.39 is 0 Å². The highest BCUT2D eigenvalue weighted by Gasteiger charge is 2.38. The van der Waals surface area contributed by atoms with Crippen LogP contribution in [0.4, 0.5) is 17.1 Å². The summed E-state index contributed by atoms with van der Waals surface area (Å²) in [7, 11) is 0. The van der Waals surface area contributed by atoms with E-state index in [9.17, 15) is 0 Å². The number of rotatable bonds is 8. The van der Waals surface area contributed by atoms with Crippen LogP contribution >= 0.6 is 11.3 Å². The molecule has 0 radical (unpaired) electrons. The quantitative estimate of drug-likeness (QED) is 0.147. The number of para-hydroxylation sites is 1. The molecule has 65 heavy (non-hydrogen) atoms. The number of thiophene rings is 1. The normalized spacial score (nSPS) is 12.6. The summed E-state index contributed by atoms with van der Waals surface area (Å²) in [6.07, 6.45) is 0. The molecule has 1 aliphatic rings. The molecular weight excluding hydrogens is 803 g/mol. The Balaban J connectivity index is 1.02. The van der Waals surface area contributed by atoms with Gasteiger partial charge in [0.2, 0.25) is 0 Å². The Morgan fingerprint density at radius 3 is 1.58 bits per heavy atom. The molecule has 308 valence electrons. The monoisotopic (exact) mass is 847 g/mol. The van der Waals surface area contributed by atoms with Crippen molar-refractivity contribution in [2.75, 3.05) is 4.90 Å². The van der Waals surface area contributed by atoms with E-state index in [0.29, 0.717) is 0 Å². The number of nitrogens with zero attached hydrogens (tertiary/aromatic N) is 1. The molecule has 1 aromatic heterocycles. The average Bonchev–Trinajstić information content (AvgIpc) is 3.85. The fourth-order valence-corrected chi connectivity index (χ4v) is 11.3. The molecule has 1 aliphatic carbocycles. The van der Waals surface area contributed by atoms with Gasteiger partial charge in [-0.1, -0.05) is 190 Å². The van der Waals surface area contributed by atoms with Crippen LogP contribution in [0.1, 0.15) is 25.0 Å². The molecule has 0 amide bonds. The molecule has 12 rings (SSSR count). The maximum Gasteiger partial charge on any atom is 0.0540 e. The number of hydrogen-bond donors (Lipinski definition) is 0. The first-order chi connectivity index (χ1) is 32.0. The van der Waals surface area contributed by atoms with Crippen LogP contribution in [0, 0.1) is 0 Å². The Morgan fingerprint density at radius 1 is 0.323 bits per heavy atom. The summed E-state index contributed by atoms with van der Waals surface area (Å²) in [5.74, 6) is 0. The van der Waals surface area contributed by atoms with Crippen molar-refractivity contribution in [3.8, 4) is 66.8 Å². The van der Waals surface area contributed by atoms with Gasteiger partial charge in [0.05, 0.1) is 5.69 Å². The second-order valence-electron chi connectivity index (χ2n) is 17.7. The third-order valence-corrected chi connectivity index (χ3v) is 14.6. The topological polar surface area (TPSA) is 3.24 Å². The van der Waals surface area contributed by atoms with Crippen LogP contribution in [0.3, 0.4) is 0 Å². The van der Waals surface area contributed by atoms with Gasteiger partial charge in [-0.2, -0.15) is 0 Å². The first-order valence-corrected chi connectivity index (χ1v) is 23.3. The van der Waals surface area contributed by atoms with Crippen molar-refractivity contribution < 1.29 is 0 Å². The lowest BCUT2D eigenvalue weighted by molar-refractivity contribution is 0.661. The van der Waals surface area contributed by atoms with Crippen LogP contribution in [0.2, 0.25) is 0 Å². The van der Waals surface area contributed by atoms with E-state index in [0.717, 1.165) is 17.1 Å². The van der Waals surface area contributed by atoms with Crippen molar-refractivity contribution in [2.45, 2.75) is 19.3 Å². The summed E-state index contributed by atoms with van der Waals surface area (Å²) in [5.41, 5.74) is 20.6. The Kier molecular flexibility index (Phi) is 9.44. The minimum Gasteiger partial charge on any atom is -0.310 e. The van der Waals surface area contributed by atoms with Gasteiger partial charge in [0, 0.05) is 42.5 Å². The summed E-state index contributed by atoms with van der Waals surface area (Å²) in [5, 5.41) is 2.62. The van der Waals surface area contributed by atoms with E-state index in [-0.39, 0.29) is 5.41 Å². The first kappa shape index (κ1) is 38.9. The van der Waals surface area contributed by atoms with E-state index >= 15 is 0 Å². The summed E-state index contributed by atoms with van der Waals surface area (Å²) in [4.78, 5) is 2.45. The maximum absolute atomic E-state index is 2.45. The van der Waals surface area contributed by atoms with Crippen molar-refractivity contribution in [2.24, 2.45) is 0 Å². The molecule has 0 saturated heterocycles. The Labute approximate surface area is 385 Å². The van der Waals surface area contributed by atoms with Gasteiger partial charge >= 0.3 is 0 Å². The van der Waals surface area contributed by atoms with E-state index in [2.05, 4.69) is 255 Å². The minimum absolute atomic E-state index is 0.178. The van der Waals surface area contributed by atoms with Crippen LogP contribution in [-0.4, -0.2) is 0 Å². The van der Waals surface area contributed by atoms with Gasteiger partial charge in [0.25, 0.3) is 0 Å². The van der Waals surface area contributed by atoms with Crippen molar-refractivity contribution >= 4 is 48.6 Å². The van der Waals surface area contributed by atoms with Crippen molar-refractivity contribution in [3.05, 3.63) is 248 Å². The molecule has 11 aromatic rings. The molecule has 0 atom stereocenters. The third-order valence-electron chi connectivity index (χ3n) is 13.4. The van der Waals surface area contributed by atoms with E-state index in [1.807, 2.05) is 11.3 Å². The Hall–Kier alpha value is -7.78. The fraction of sp³-hybridized carbons (Fsp3) is 0.0476. The lowest BCUT2D eigenvalue weighted by Crippen LogP contribution is -2.15. The van der Waals surface area contributed by atoms with Crippen LogP contribution < -0.4 is 4.90 Å². The van der Waals surface area contributed by atoms with Crippen molar-refractivity contribution in [1.82, 2.24) is 0 Å². The van der Waals surface area contributed by atoms with Crippen molar-refractivity contribution in [3.63, 3.8) is 0 Å². The van der Waals surface area contributed by atoms with Crippen LogP contribution in [0.15, 0.2) is 237 Å². The predicted octanol–water partition coefficient (Wildman–Crippen LogP) is 18.2. The molecule has 0 spiro atoms. The number of fused-ring (bicyclic) bond motifs is 6. The first-order valence-electron chi connectivity index (χ1n) is 22.5. The SMILES string of the molecule is CC1(C)c2ccc(-c3cccc(N(c4cccc(-c5ccccc5)c4)c4ccccc4-c4ccc5c(c4)sc4ccccc45)c3)cc2-c2c(-c3ccccc3)cc(-c3ccccc3)cc21. The highest BCUT2D eigenvalue weighted by molar-refractivity contribution is 7.25. The van der Waals surface area contributed by atoms with E-state index in [1.165, 1.54) is 98.1 Å². The lowest BCUT2D eigenvalue weighted by Gasteiger charge is -2.29. The number of benzene rings is 10. The van der Waals surface area contributed by atoms with Crippen LogP contribution in [0.5, 0.6) is 0 Å². The molecule has 1 heterocycles. The second kappa shape index (κ2) is 15.8. The predicted molar refractivity (Wildman–Crippen MR) is 279 cm³/mol. The van der Waals surface area contributed by atoms with Gasteiger partial charge in [-0.15, -0.1) is 11.3 Å². The highest BCUT2D eigenvalue weighted by Crippen LogP contribution is 2.54. The van der Waals surface area contributed by atoms with Crippen molar-refractivity contribution in [1.29, 1.82) is 0 Å². The van der Waals surface area contributed by atoms with Gasteiger partial charge in [0.1, 0.15) is 0 Å². The number of anilines is 3. The maximum atomic E-state index is 2.45. The smallest absolute Gasteiger partial charge is 0.0540 e. The lowest BCUT2D eigenvalue weighted by atomic mass is 9.80. The van der Waals surface area contributed by atoms with Gasteiger partial charge < -0.3 is 4.90 Å². The fourth-order valence-electron chi connectivity index (χ4n) is 10.2. The van der Waals surface area contributed by atoms with E-state index in [1.54, 1.807) is 0 Å². The molecule has 0 fully saturated rings. The summed E-state index contributed by atoms with van der Waals surface area (Å²) in [6, 6.07) is 87.1. The van der Waals surface area contributed by atoms with Crippen LogP contribution in [-0.2, 0) is 5.41 Å². The summed E-state index contributed by atoms with van der Waals surface area (Å²) >= 11 is 1.87. The van der Waals surface area contributed by atoms with E-state index in [4.69, 9.17) is 0 Å². The third kappa shape index (κ3) is 6.77. The van der Waals surface area contributed by atoms with Gasteiger partial charge in [-0.05, 0) is 133 Å². The molecule has 0 N–H and O–H groups in total. The number of hydrogen-bond acceptors (Lipinski definition) is 2. The zero-order chi connectivity index (χ0) is 43.5. The molecule has 0 unspecified atom stereocenters. The Bertz CT molecular complexity index is 3560. The molecule has 0 saturated carbocycles. The molecule has 1 nitrogen and oxygen atoms in total. The molecule has 0 aliphatic heterocycles. The molecule has 0 bridgehead atoms. The Morgan fingerprint density at radius 2 is 0.862 bits per heavy atom. The zero-order valence-electron chi connectivity index (χ0n) is 36.4.